The van der Waals surface area contributed by atoms with Gasteiger partial charge < -0.3 is 9.47 Å². The first-order valence-electron chi connectivity index (χ1n) is 10.7. The molecule has 0 atom stereocenters. The van der Waals surface area contributed by atoms with Crippen LogP contribution in [0.2, 0.25) is 10.0 Å². The number of nitrogens with one attached hydrogen (secondary N) is 1. The highest BCUT2D eigenvalue weighted by molar-refractivity contribution is 9.10. The zero-order valence-corrected chi connectivity index (χ0v) is 22.5. The minimum absolute atomic E-state index is 0.0662. The average Bonchev–Trinajstić information content (AvgIpc) is 2.86. The van der Waals surface area contributed by atoms with Gasteiger partial charge in [0, 0.05) is 27.7 Å². The lowest BCUT2D eigenvalue weighted by molar-refractivity contribution is -0.384. The number of carbonyl (C=O) groups excluding carboxylic acids is 3. The van der Waals surface area contributed by atoms with Crippen LogP contribution in [0, 0.1) is 10.1 Å². The Kier molecular flexibility index (Phi) is 8.00. The second-order valence-corrected chi connectivity index (χ2v) is 9.49. The van der Waals surface area contributed by atoms with E-state index >= 15 is 0 Å². The number of rotatable bonds is 7. The maximum absolute atomic E-state index is 13.2. The molecule has 0 unspecified atom stereocenters. The van der Waals surface area contributed by atoms with Crippen molar-refractivity contribution in [2.45, 2.75) is 6.61 Å². The van der Waals surface area contributed by atoms with E-state index in [1.54, 1.807) is 24.3 Å². The molecule has 1 heterocycles. The van der Waals surface area contributed by atoms with E-state index in [0.29, 0.717) is 36.3 Å². The van der Waals surface area contributed by atoms with Crippen molar-refractivity contribution in [1.82, 2.24) is 5.32 Å². The quantitative estimate of drug-likeness (QED) is 0.150. The molecule has 0 aromatic heterocycles. The van der Waals surface area contributed by atoms with Crippen LogP contribution < -0.4 is 19.7 Å². The summed E-state index contributed by atoms with van der Waals surface area (Å²) in [7, 11) is 1.42. The largest absolute Gasteiger partial charge is 0.493 e. The first-order chi connectivity index (χ1) is 18.1. The number of nitro benzene ring substituents is 1. The molecule has 0 aliphatic carbocycles. The van der Waals surface area contributed by atoms with E-state index in [2.05, 4.69) is 21.2 Å². The van der Waals surface area contributed by atoms with Gasteiger partial charge in [-0.25, -0.2) is 9.69 Å². The van der Waals surface area contributed by atoms with Crippen molar-refractivity contribution in [1.29, 1.82) is 0 Å². The van der Waals surface area contributed by atoms with Crippen LogP contribution in [-0.4, -0.2) is 29.9 Å². The summed E-state index contributed by atoms with van der Waals surface area (Å²) in [6, 6.07) is 12.0. The lowest BCUT2D eigenvalue weighted by Crippen LogP contribution is -2.54. The molecule has 1 saturated heterocycles. The Morgan fingerprint density at radius 2 is 1.87 bits per heavy atom. The molecular formula is C25H16BrCl2N3O7. The van der Waals surface area contributed by atoms with Crippen LogP contribution in [-0.2, 0) is 16.2 Å². The standard InChI is InChI=1S/C25H16BrCl2N3O7/c1-37-21-9-13(8-19(26)22(21)38-12-14-5-6-15(27)10-20(14)28)7-18-23(32)29-25(34)30(24(18)33)16-3-2-4-17(11-16)31(35)36/h2-11H,12H2,1H3,(H,29,32,34)/b18-7+. The highest BCUT2D eigenvalue weighted by atomic mass is 79.9. The molecule has 0 saturated carbocycles. The summed E-state index contributed by atoms with van der Waals surface area (Å²) in [5, 5.41) is 14.1. The molecule has 1 aliphatic rings. The number of non-ortho nitro benzene ring substituents is 1. The SMILES string of the molecule is COc1cc(/C=C2\C(=O)NC(=O)N(c3cccc([N+](=O)[O-])c3)C2=O)cc(Br)c1OCc1ccc(Cl)cc1Cl. The lowest BCUT2D eigenvalue weighted by Gasteiger charge is -2.26. The Hall–Kier alpha value is -3.93. The summed E-state index contributed by atoms with van der Waals surface area (Å²) in [6.45, 7) is 0.104. The Morgan fingerprint density at radius 3 is 2.55 bits per heavy atom. The van der Waals surface area contributed by atoms with Gasteiger partial charge in [0.2, 0.25) is 0 Å². The fraction of sp³-hybridized carbons (Fsp3) is 0.0800. The number of nitro groups is 1. The highest BCUT2D eigenvalue weighted by Crippen LogP contribution is 2.38. The molecule has 10 nitrogen and oxygen atoms in total. The van der Waals surface area contributed by atoms with Crippen LogP contribution in [0.25, 0.3) is 6.08 Å². The van der Waals surface area contributed by atoms with Gasteiger partial charge >= 0.3 is 6.03 Å². The molecule has 0 radical (unpaired) electrons. The normalized spacial score (nSPS) is 14.5. The van der Waals surface area contributed by atoms with E-state index in [1.165, 1.54) is 37.5 Å². The van der Waals surface area contributed by atoms with Gasteiger partial charge in [0.25, 0.3) is 17.5 Å². The van der Waals surface area contributed by atoms with E-state index in [9.17, 15) is 24.5 Å². The molecule has 0 bridgehead atoms. The highest BCUT2D eigenvalue weighted by Gasteiger charge is 2.37. The van der Waals surface area contributed by atoms with Crippen LogP contribution >= 0.6 is 39.1 Å². The van der Waals surface area contributed by atoms with Gasteiger partial charge in [-0.3, -0.25) is 25.0 Å². The van der Waals surface area contributed by atoms with Crippen molar-refractivity contribution >= 4 is 74.4 Å². The van der Waals surface area contributed by atoms with Crippen molar-refractivity contribution in [3.8, 4) is 11.5 Å². The zero-order valence-electron chi connectivity index (χ0n) is 19.4. The summed E-state index contributed by atoms with van der Waals surface area (Å²) in [5.41, 5.74) is 0.300. The summed E-state index contributed by atoms with van der Waals surface area (Å²) in [5.74, 6) is -1.25. The number of hydrogen-bond donors (Lipinski definition) is 1. The van der Waals surface area contributed by atoms with Crippen LogP contribution in [0.15, 0.2) is 64.6 Å². The minimum Gasteiger partial charge on any atom is -0.493 e. The second-order valence-electron chi connectivity index (χ2n) is 7.79. The lowest BCUT2D eigenvalue weighted by atomic mass is 10.1. The van der Waals surface area contributed by atoms with Gasteiger partial charge in [0.15, 0.2) is 11.5 Å². The van der Waals surface area contributed by atoms with E-state index in [-0.39, 0.29) is 29.3 Å². The Labute approximate surface area is 234 Å². The van der Waals surface area contributed by atoms with Crippen LogP contribution in [0.5, 0.6) is 11.5 Å². The van der Waals surface area contributed by atoms with Crippen molar-refractivity contribution in [2.24, 2.45) is 0 Å². The van der Waals surface area contributed by atoms with Gasteiger partial charge in [-0.15, -0.1) is 0 Å². The molecular weight excluding hydrogens is 605 g/mol. The van der Waals surface area contributed by atoms with E-state index in [0.717, 1.165) is 6.07 Å². The third-order valence-electron chi connectivity index (χ3n) is 5.35. The Morgan fingerprint density at radius 1 is 1.11 bits per heavy atom. The number of methoxy groups -OCH3 is 1. The van der Waals surface area contributed by atoms with Crippen molar-refractivity contribution in [2.75, 3.05) is 12.0 Å². The average molecular weight is 621 g/mol. The number of barbiturate groups is 1. The molecule has 4 amide bonds. The Bertz CT molecular complexity index is 1530. The second kappa shape index (κ2) is 11.2. The number of benzene rings is 3. The van der Waals surface area contributed by atoms with Crippen molar-refractivity contribution < 1.29 is 28.8 Å². The number of ether oxygens (including phenoxy) is 2. The third kappa shape index (κ3) is 5.64. The predicted octanol–water partition coefficient (Wildman–Crippen LogP) is 5.92. The molecule has 1 fully saturated rings. The number of amides is 4. The maximum Gasteiger partial charge on any atom is 0.335 e. The molecule has 13 heteroatoms. The van der Waals surface area contributed by atoms with Crippen LogP contribution in [0.3, 0.4) is 0 Å². The summed E-state index contributed by atoms with van der Waals surface area (Å²) < 4.78 is 11.8. The number of imide groups is 2. The summed E-state index contributed by atoms with van der Waals surface area (Å²) in [4.78, 5) is 49.3. The van der Waals surface area contributed by atoms with Crippen LogP contribution in [0.4, 0.5) is 16.2 Å². The summed E-state index contributed by atoms with van der Waals surface area (Å²) >= 11 is 15.6. The molecule has 1 aliphatic heterocycles. The van der Waals surface area contributed by atoms with E-state index in [1.807, 2.05) is 0 Å². The molecule has 38 heavy (non-hydrogen) atoms. The molecule has 3 aromatic rings. The van der Waals surface area contributed by atoms with Crippen molar-refractivity contribution in [3.63, 3.8) is 0 Å². The summed E-state index contributed by atoms with van der Waals surface area (Å²) in [6.07, 6.45) is 1.27. The molecule has 0 spiro atoms. The fourth-order valence-corrected chi connectivity index (χ4v) is 4.59. The maximum atomic E-state index is 13.2. The van der Waals surface area contributed by atoms with Gasteiger partial charge in [0.05, 0.1) is 22.2 Å². The number of halogens is 3. The van der Waals surface area contributed by atoms with Crippen LogP contribution in [0.1, 0.15) is 11.1 Å². The number of hydrogen-bond acceptors (Lipinski definition) is 7. The fourth-order valence-electron chi connectivity index (χ4n) is 3.56. The first-order valence-corrected chi connectivity index (χ1v) is 12.2. The van der Waals surface area contributed by atoms with Crippen molar-refractivity contribution in [3.05, 3.63) is 95.9 Å². The number of anilines is 1. The predicted molar refractivity (Wildman–Crippen MR) is 144 cm³/mol. The Balaban J connectivity index is 1.65. The zero-order chi connectivity index (χ0) is 27.6. The smallest absolute Gasteiger partial charge is 0.335 e. The molecule has 3 aromatic carbocycles. The molecule has 194 valence electrons. The monoisotopic (exact) mass is 619 g/mol. The van der Waals surface area contributed by atoms with Gasteiger partial charge in [0.1, 0.15) is 12.2 Å². The van der Waals surface area contributed by atoms with Gasteiger partial charge in [-0.05, 0) is 57.9 Å². The molecule has 4 rings (SSSR count). The number of urea groups is 1. The first kappa shape index (κ1) is 27.1. The number of carbonyl (C=O) groups is 3. The van der Waals surface area contributed by atoms with Gasteiger partial charge in [-0.2, -0.15) is 0 Å². The van der Waals surface area contributed by atoms with Gasteiger partial charge in [-0.1, -0.05) is 35.3 Å². The molecule has 1 N–H and O–H groups in total. The topological polar surface area (TPSA) is 128 Å². The van der Waals surface area contributed by atoms with E-state index in [4.69, 9.17) is 32.7 Å². The third-order valence-corrected chi connectivity index (χ3v) is 6.53. The van der Waals surface area contributed by atoms with E-state index < -0.39 is 22.8 Å². The minimum atomic E-state index is -1.03. The number of nitrogens with zero attached hydrogens (tertiary/aromatic N) is 2.